The Balaban J connectivity index is 1.50. The van der Waals surface area contributed by atoms with Gasteiger partial charge in [-0.1, -0.05) is 59.1 Å². The molecule has 0 saturated carbocycles. The molecule has 4 aromatic rings. The Hall–Kier alpha value is -3.08. The zero-order valence-corrected chi connectivity index (χ0v) is 22.2. The first kappa shape index (κ1) is 26.0. The summed E-state index contributed by atoms with van der Waals surface area (Å²) in [6, 6.07) is 22.7. The summed E-state index contributed by atoms with van der Waals surface area (Å²) in [5.41, 5.74) is 4.53. The van der Waals surface area contributed by atoms with Crippen LogP contribution in [0.5, 0.6) is 0 Å². The van der Waals surface area contributed by atoms with Crippen LogP contribution in [0, 0.1) is 11.3 Å². The molecule has 1 aromatic heterocycles. The molecular weight excluding hydrogens is 533 g/mol. The maximum absolute atomic E-state index is 9.03. The number of thiocarbonyl (C=S) groups is 1. The van der Waals surface area contributed by atoms with E-state index in [0.29, 0.717) is 51.8 Å². The molecule has 0 spiro atoms. The number of aromatic nitrogens is 2. The predicted octanol–water partition coefficient (Wildman–Crippen LogP) is 7.20. The average Bonchev–Trinajstić information content (AvgIpc) is 3.32. The molecule has 0 aliphatic carbocycles. The van der Waals surface area contributed by atoms with E-state index in [4.69, 9.17) is 52.3 Å². The number of hydrogen-bond acceptors (Lipinski definition) is 3. The van der Waals surface area contributed by atoms with Gasteiger partial charge in [0.15, 0.2) is 5.11 Å². The number of halogens is 3. The van der Waals surface area contributed by atoms with E-state index in [0.717, 1.165) is 22.5 Å². The van der Waals surface area contributed by atoms with Crippen LogP contribution in [0.2, 0.25) is 15.1 Å². The maximum atomic E-state index is 9.03. The van der Waals surface area contributed by atoms with Crippen LogP contribution < -0.4 is 5.32 Å². The number of rotatable bonds is 8. The maximum Gasteiger partial charge on any atom is 0.173 e. The van der Waals surface area contributed by atoms with E-state index in [1.807, 2.05) is 73.2 Å². The molecule has 182 valence electrons. The van der Waals surface area contributed by atoms with Crippen molar-refractivity contribution in [2.45, 2.75) is 19.5 Å². The van der Waals surface area contributed by atoms with E-state index in [2.05, 4.69) is 25.8 Å². The second-order valence-corrected chi connectivity index (χ2v) is 9.75. The lowest BCUT2D eigenvalue weighted by Crippen LogP contribution is -2.36. The van der Waals surface area contributed by atoms with Gasteiger partial charge >= 0.3 is 0 Å². The van der Waals surface area contributed by atoms with Gasteiger partial charge in [-0.3, -0.25) is 0 Å². The fraction of sp³-hybridized carbons (Fsp3) is 0.148. The number of nitrogens with one attached hydrogen (secondary N) is 1. The second kappa shape index (κ2) is 12.2. The first-order chi connectivity index (χ1) is 17.4. The molecule has 0 bridgehead atoms. The zero-order chi connectivity index (χ0) is 25.5. The number of benzene rings is 3. The van der Waals surface area contributed by atoms with E-state index < -0.39 is 0 Å². The van der Waals surface area contributed by atoms with Gasteiger partial charge in [-0.2, -0.15) is 5.26 Å². The fourth-order valence-corrected chi connectivity index (χ4v) is 4.47. The summed E-state index contributed by atoms with van der Waals surface area (Å²) in [5.74, 6) is 0. The quantitative estimate of drug-likeness (QED) is 0.233. The second-order valence-electron chi connectivity index (χ2n) is 8.14. The highest BCUT2D eigenvalue weighted by molar-refractivity contribution is 7.80. The van der Waals surface area contributed by atoms with Crippen molar-refractivity contribution >= 4 is 57.8 Å². The molecule has 0 radical (unpaired) electrons. The number of imidazole rings is 1. The molecule has 36 heavy (non-hydrogen) atoms. The highest BCUT2D eigenvalue weighted by Gasteiger charge is 2.15. The molecular formula is C27H22Cl3N5S. The smallest absolute Gasteiger partial charge is 0.173 e. The van der Waals surface area contributed by atoms with Crippen LogP contribution in [0.3, 0.4) is 0 Å². The fourth-order valence-electron chi connectivity index (χ4n) is 3.69. The Morgan fingerprint density at radius 1 is 1.03 bits per heavy atom. The van der Waals surface area contributed by atoms with Crippen molar-refractivity contribution in [3.63, 3.8) is 0 Å². The number of anilines is 1. The lowest BCUT2D eigenvalue weighted by Gasteiger charge is -2.27. The van der Waals surface area contributed by atoms with Crippen molar-refractivity contribution in [1.82, 2.24) is 14.5 Å². The van der Waals surface area contributed by atoms with Crippen LogP contribution in [-0.2, 0) is 19.5 Å². The van der Waals surface area contributed by atoms with Crippen molar-refractivity contribution in [1.29, 1.82) is 5.26 Å². The summed E-state index contributed by atoms with van der Waals surface area (Å²) in [4.78, 5) is 6.41. The van der Waals surface area contributed by atoms with Crippen LogP contribution in [0.15, 0.2) is 79.3 Å². The van der Waals surface area contributed by atoms with Crippen molar-refractivity contribution in [2.75, 3.05) is 11.9 Å². The summed E-state index contributed by atoms with van der Waals surface area (Å²) >= 11 is 24.5. The lowest BCUT2D eigenvalue weighted by molar-refractivity contribution is 0.418. The summed E-state index contributed by atoms with van der Waals surface area (Å²) in [5, 5.41) is 14.6. The van der Waals surface area contributed by atoms with E-state index in [9.17, 15) is 0 Å². The largest absolute Gasteiger partial charge is 0.344 e. The molecule has 0 saturated heterocycles. The summed E-state index contributed by atoms with van der Waals surface area (Å²) in [7, 11) is 0. The normalized spacial score (nSPS) is 10.6. The van der Waals surface area contributed by atoms with Crippen molar-refractivity contribution in [3.05, 3.63) is 117 Å². The molecule has 0 unspecified atom stereocenters. The van der Waals surface area contributed by atoms with Gasteiger partial charge in [0.05, 0.1) is 28.0 Å². The lowest BCUT2D eigenvalue weighted by atomic mass is 10.1. The van der Waals surface area contributed by atoms with Gasteiger partial charge in [0, 0.05) is 48.7 Å². The number of nitrogens with zero attached hydrogens (tertiary/aromatic N) is 4. The Labute approximate surface area is 230 Å². The van der Waals surface area contributed by atoms with Crippen molar-refractivity contribution in [2.24, 2.45) is 0 Å². The van der Waals surface area contributed by atoms with Gasteiger partial charge < -0.3 is 14.8 Å². The number of nitriles is 1. The van der Waals surface area contributed by atoms with E-state index >= 15 is 0 Å². The third-order valence-electron chi connectivity index (χ3n) is 5.65. The predicted molar refractivity (Wildman–Crippen MR) is 151 cm³/mol. The zero-order valence-electron chi connectivity index (χ0n) is 19.2. The molecule has 9 heteroatoms. The van der Waals surface area contributed by atoms with Gasteiger partial charge in [-0.05, 0) is 65.8 Å². The topological polar surface area (TPSA) is 56.9 Å². The molecule has 0 fully saturated rings. The van der Waals surface area contributed by atoms with Crippen molar-refractivity contribution in [3.8, 4) is 6.07 Å². The molecule has 0 amide bonds. The highest BCUT2D eigenvalue weighted by Crippen LogP contribution is 2.27. The summed E-state index contributed by atoms with van der Waals surface area (Å²) in [6.07, 6.45) is 4.39. The van der Waals surface area contributed by atoms with Crippen LogP contribution in [-0.4, -0.2) is 26.1 Å². The monoisotopic (exact) mass is 553 g/mol. The molecule has 0 aliphatic rings. The van der Waals surface area contributed by atoms with Crippen LogP contribution in [0.4, 0.5) is 5.69 Å². The number of hydrogen-bond donors (Lipinski definition) is 1. The van der Waals surface area contributed by atoms with Gasteiger partial charge in [-0.25, -0.2) is 4.98 Å². The molecule has 4 rings (SSSR count). The molecule has 5 nitrogen and oxygen atoms in total. The minimum atomic E-state index is 0.489. The van der Waals surface area contributed by atoms with Gasteiger partial charge in [-0.15, -0.1) is 0 Å². The van der Waals surface area contributed by atoms with Crippen LogP contribution >= 0.6 is 47.0 Å². The Kier molecular flexibility index (Phi) is 8.84. The molecule has 1 N–H and O–H groups in total. The van der Waals surface area contributed by atoms with Gasteiger partial charge in [0.1, 0.15) is 0 Å². The standard InChI is InChI=1S/C27H22Cl3N5S/c28-22-8-10-23(11-9-22)33-27(36)34(17-21-2-1-3-25(29)26(21)30)13-12-24-15-32-18-35(24)16-20-6-4-19(14-31)5-7-20/h1-11,15,18H,12-13,16-17H2,(H,33,36). The minimum absolute atomic E-state index is 0.489. The SMILES string of the molecule is N#Cc1ccc(Cn2cncc2CCN(Cc2cccc(Cl)c2Cl)C(=S)Nc2ccc(Cl)cc2)cc1. The Morgan fingerprint density at radius 2 is 1.78 bits per heavy atom. The van der Waals surface area contributed by atoms with E-state index in [-0.39, 0.29) is 0 Å². The molecule has 1 heterocycles. The first-order valence-corrected chi connectivity index (χ1v) is 12.7. The van der Waals surface area contributed by atoms with Crippen LogP contribution in [0.1, 0.15) is 22.4 Å². The Bertz CT molecular complexity index is 1380. The third-order valence-corrected chi connectivity index (χ3v) is 7.12. The third kappa shape index (κ3) is 6.77. The van der Waals surface area contributed by atoms with E-state index in [1.54, 1.807) is 6.07 Å². The highest BCUT2D eigenvalue weighted by atomic mass is 35.5. The summed E-state index contributed by atoms with van der Waals surface area (Å²) < 4.78 is 2.10. The van der Waals surface area contributed by atoms with Crippen LogP contribution in [0.25, 0.3) is 0 Å². The van der Waals surface area contributed by atoms with Gasteiger partial charge in [0.2, 0.25) is 0 Å². The van der Waals surface area contributed by atoms with Gasteiger partial charge in [0.25, 0.3) is 0 Å². The van der Waals surface area contributed by atoms with Crippen molar-refractivity contribution < 1.29 is 0 Å². The molecule has 0 atom stereocenters. The molecule has 0 aliphatic heterocycles. The Morgan fingerprint density at radius 3 is 2.50 bits per heavy atom. The summed E-state index contributed by atoms with van der Waals surface area (Å²) in [6.45, 7) is 1.78. The molecule has 3 aromatic carbocycles. The average molecular weight is 555 g/mol. The van der Waals surface area contributed by atoms with E-state index in [1.165, 1.54) is 0 Å². The first-order valence-electron chi connectivity index (χ1n) is 11.2. The minimum Gasteiger partial charge on any atom is -0.344 e.